The lowest BCUT2D eigenvalue weighted by molar-refractivity contribution is -0.130. The number of thiazole rings is 1. The number of benzene rings is 2. The molecule has 1 aromatic heterocycles. The number of aromatic nitrogens is 1. The van der Waals surface area contributed by atoms with Crippen molar-refractivity contribution in [2.45, 2.75) is 13.3 Å². The number of nitrogens with zero attached hydrogens (tertiary/aromatic N) is 3. The van der Waals surface area contributed by atoms with Gasteiger partial charge in [0.2, 0.25) is 5.91 Å². The summed E-state index contributed by atoms with van der Waals surface area (Å²) >= 11 is 7.39. The maximum Gasteiger partial charge on any atom is 0.325 e. The second-order valence-electron chi connectivity index (χ2n) is 7.61. The number of hydrogen-bond acceptors (Lipinski definition) is 5. The van der Waals surface area contributed by atoms with Gasteiger partial charge >= 0.3 is 6.03 Å². The molecule has 1 fully saturated rings. The van der Waals surface area contributed by atoms with E-state index in [1.54, 1.807) is 0 Å². The summed E-state index contributed by atoms with van der Waals surface area (Å²) in [7, 11) is 0. The fourth-order valence-corrected chi connectivity index (χ4v) is 4.39. The molecular weight excluding hydrogens is 446 g/mol. The van der Waals surface area contributed by atoms with E-state index in [9.17, 15) is 9.59 Å². The van der Waals surface area contributed by atoms with Crippen molar-refractivity contribution in [2.75, 3.05) is 41.7 Å². The van der Waals surface area contributed by atoms with Crippen LogP contribution >= 0.6 is 22.9 Å². The quantitative estimate of drug-likeness (QED) is 0.570. The van der Waals surface area contributed by atoms with Crippen molar-refractivity contribution in [1.82, 2.24) is 9.88 Å². The summed E-state index contributed by atoms with van der Waals surface area (Å²) in [6.45, 7) is 4.81. The molecule has 0 spiro atoms. The number of anilines is 3. The van der Waals surface area contributed by atoms with E-state index in [4.69, 9.17) is 11.6 Å². The zero-order chi connectivity index (χ0) is 22.5. The lowest BCUT2D eigenvalue weighted by Gasteiger charge is -2.36. The molecule has 1 aliphatic rings. The second-order valence-corrected chi connectivity index (χ2v) is 8.91. The third-order valence-electron chi connectivity index (χ3n) is 5.22. The van der Waals surface area contributed by atoms with Crippen LogP contribution in [0.1, 0.15) is 11.3 Å². The first-order chi connectivity index (χ1) is 15.5. The minimum absolute atomic E-state index is 0.0386. The number of halogens is 1. The molecule has 32 heavy (non-hydrogen) atoms. The van der Waals surface area contributed by atoms with Gasteiger partial charge in [-0.3, -0.25) is 10.1 Å². The summed E-state index contributed by atoms with van der Waals surface area (Å²) in [5, 5.41) is 8.47. The third-order valence-corrected chi connectivity index (χ3v) is 6.26. The van der Waals surface area contributed by atoms with E-state index in [0.29, 0.717) is 34.6 Å². The summed E-state index contributed by atoms with van der Waals surface area (Å²) < 4.78 is 0. The zero-order valence-electron chi connectivity index (χ0n) is 17.7. The average Bonchev–Trinajstić information content (AvgIpc) is 3.22. The topological polar surface area (TPSA) is 77.6 Å². The summed E-state index contributed by atoms with van der Waals surface area (Å²) in [5.74, 6) is 0.0386. The minimum atomic E-state index is -0.363. The number of amides is 3. The highest BCUT2D eigenvalue weighted by atomic mass is 35.5. The molecule has 166 valence electrons. The van der Waals surface area contributed by atoms with Crippen LogP contribution in [0.5, 0.6) is 0 Å². The Balaban J connectivity index is 1.25. The van der Waals surface area contributed by atoms with Crippen LogP contribution in [-0.4, -0.2) is 48.0 Å². The molecule has 0 atom stereocenters. The highest BCUT2D eigenvalue weighted by Crippen LogP contribution is 2.22. The van der Waals surface area contributed by atoms with Crippen molar-refractivity contribution in [2.24, 2.45) is 0 Å². The van der Waals surface area contributed by atoms with Crippen LogP contribution in [0.2, 0.25) is 5.02 Å². The maximum atomic E-state index is 12.7. The number of aryl methyl sites for hydroxylation is 1. The molecule has 3 amide bonds. The van der Waals surface area contributed by atoms with Gasteiger partial charge in [-0.15, -0.1) is 11.3 Å². The molecule has 4 rings (SSSR count). The zero-order valence-corrected chi connectivity index (χ0v) is 19.2. The average molecular weight is 470 g/mol. The van der Waals surface area contributed by atoms with Gasteiger partial charge < -0.3 is 15.1 Å². The number of nitrogens with one attached hydrogen (secondary N) is 2. The Morgan fingerprint density at radius 1 is 1.06 bits per heavy atom. The number of piperazine rings is 1. The summed E-state index contributed by atoms with van der Waals surface area (Å²) in [5.41, 5.74) is 3.56. The molecule has 2 aromatic carbocycles. The van der Waals surface area contributed by atoms with Crippen LogP contribution in [-0.2, 0) is 11.2 Å². The van der Waals surface area contributed by atoms with Crippen LogP contribution in [0.15, 0.2) is 53.9 Å². The second kappa shape index (κ2) is 10.0. The maximum absolute atomic E-state index is 12.7. The first-order valence-corrected chi connectivity index (χ1v) is 11.6. The van der Waals surface area contributed by atoms with Gasteiger partial charge in [-0.1, -0.05) is 35.4 Å². The molecular formula is C23H24ClN5O2S. The van der Waals surface area contributed by atoms with Crippen molar-refractivity contribution in [3.05, 3.63) is 70.2 Å². The number of rotatable bonds is 5. The molecule has 3 aromatic rings. The molecule has 0 bridgehead atoms. The Morgan fingerprint density at radius 2 is 1.81 bits per heavy atom. The molecule has 2 heterocycles. The third kappa shape index (κ3) is 5.77. The minimum Gasteiger partial charge on any atom is -0.368 e. The fourth-order valence-electron chi connectivity index (χ4n) is 3.50. The Hall–Kier alpha value is -3.10. The highest BCUT2D eigenvalue weighted by Gasteiger charge is 2.22. The van der Waals surface area contributed by atoms with E-state index >= 15 is 0 Å². The van der Waals surface area contributed by atoms with Crippen molar-refractivity contribution in [3.8, 4) is 0 Å². The molecule has 0 aliphatic carbocycles. The monoisotopic (exact) mass is 469 g/mol. The largest absolute Gasteiger partial charge is 0.368 e. The number of hydrogen-bond donors (Lipinski definition) is 2. The van der Waals surface area contributed by atoms with E-state index in [0.717, 1.165) is 24.3 Å². The molecule has 1 saturated heterocycles. The van der Waals surface area contributed by atoms with Crippen molar-refractivity contribution in [3.63, 3.8) is 0 Å². The van der Waals surface area contributed by atoms with Gasteiger partial charge in [0.25, 0.3) is 0 Å². The highest BCUT2D eigenvalue weighted by molar-refractivity contribution is 7.14. The molecule has 0 radical (unpaired) electrons. The van der Waals surface area contributed by atoms with Gasteiger partial charge in [-0.05, 0) is 37.3 Å². The summed E-state index contributed by atoms with van der Waals surface area (Å²) in [6, 6.07) is 14.9. The van der Waals surface area contributed by atoms with E-state index in [-0.39, 0.29) is 18.4 Å². The molecule has 1 aliphatic heterocycles. The van der Waals surface area contributed by atoms with Crippen molar-refractivity contribution in [1.29, 1.82) is 0 Å². The molecule has 0 unspecified atom stereocenters. The Bertz CT molecular complexity index is 1090. The molecule has 9 heteroatoms. The van der Waals surface area contributed by atoms with Crippen molar-refractivity contribution < 1.29 is 9.59 Å². The first kappa shape index (κ1) is 22.1. The number of carbonyl (C=O) groups excluding carboxylic acids is 2. The summed E-state index contributed by atoms with van der Waals surface area (Å²) in [4.78, 5) is 33.4. The smallest absolute Gasteiger partial charge is 0.325 e. The lowest BCUT2D eigenvalue weighted by Crippen LogP contribution is -2.49. The fraction of sp³-hybridized carbons (Fsp3) is 0.261. The number of carbonyl (C=O) groups is 2. The van der Waals surface area contributed by atoms with E-state index in [1.165, 1.54) is 11.3 Å². The standard InChI is InChI=1S/C23H24ClN5O2S/c1-16-5-7-18(8-6-16)25-22(31)27-23-26-19(15-32-23)14-21(30)29-11-9-28(10-12-29)20-4-2-3-17(24)13-20/h2-8,13,15H,9-12,14H2,1H3,(H2,25,26,27,31). The van der Waals surface area contributed by atoms with E-state index in [2.05, 4.69) is 20.5 Å². The SMILES string of the molecule is Cc1ccc(NC(=O)Nc2nc(CC(=O)N3CCN(c4cccc(Cl)c4)CC3)cs2)cc1. The molecule has 7 nitrogen and oxygen atoms in total. The van der Waals surface area contributed by atoms with Crippen LogP contribution in [0, 0.1) is 6.92 Å². The summed E-state index contributed by atoms with van der Waals surface area (Å²) in [6.07, 6.45) is 0.217. The van der Waals surface area contributed by atoms with Crippen LogP contribution < -0.4 is 15.5 Å². The molecule has 0 saturated carbocycles. The lowest BCUT2D eigenvalue weighted by atomic mass is 10.2. The Labute approximate surface area is 196 Å². The first-order valence-electron chi connectivity index (χ1n) is 10.3. The number of urea groups is 1. The Kier molecular flexibility index (Phi) is 6.92. The van der Waals surface area contributed by atoms with Crippen LogP contribution in [0.3, 0.4) is 0 Å². The van der Waals surface area contributed by atoms with E-state index in [1.807, 2.05) is 65.7 Å². The van der Waals surface area contributed by atoms with Gasteiger partial charge in [-0.2, -0.15) is 0 Å². The van der Waals surface area contributed by atoms with Crippen molar-refractivity contribution >= 4 is 51.4 Å². The van der Waals surface area contributed by atoms with Gasteiger partial charge in [0, 0.05) is 48.0 Å². The predicted octanol–water partition coefficient (Wildman–Crippen LogP) is 4.64. The van der Waals surface area contributed by atoms with Gasteiger partial charge in [-0.25, -0.2) is 9.78 Å². The van der Waals surface area contributed by atoms with Crippen LogP contribution in [0.4, 0.5) is 21.3 Å². The normalized spacial score (nSPS) is 13.7. The Morgan fingerprint density at radius 3 is 2.53 bits per heavy atom. The van der Waals surface area contributed by atoms with Gasteiger partial charge in [0.1, 0.15) is 0 Å². The van der Waals surface area contributed by atoms with E-state index < -0.39 is 0 Å². The van der Waals surface area contributed by atoms with Gasteiger partial charge in [0.15, 0.2) is 5.13 Å². The van der Waals surface area contributed by atoms with Crippen LogP contribution in [0.25, 0.3) is 0 Å². The predicted molar refractivity (Wildman–Crippen MR) is 130 cm³/mol. The molecule has 2 N–H and O–H groups in total. The van der Waals surface area contributed by atoms with Gasteiger partial charge in [0.05, 0.1) is 12.1 Å².